The molecule has 3 rings (SSSR count). The minimum Gasteiger partial charge on any atom is -0.373 e. The van der Waals surface area contributed by atoms with Gasteiger partial charge in [0.15, 0.2) is 5.82 Å². The topological polar surface area (TPSA) is 61.4 Å². The van der Waals surface area contributed by atoms with Gasteiger partial charge in [0, 0.05) is 32.6 Å². The first kappa shape index (κ1) is 21.2. The van der Waals surface area contributed by atoms with Crippen LogP contribution in [-0.4, -0.2) is 53.4 Å². The second-order valence-corrected chi connectivity index (χ2v) is 7.82. The molecule has 1 saturated heterocycles. The van der Waals surface area contributed by atoms with E-state index in [9.17, 15) is 9.18 Å². The Morgan fingerprint density at radius 2 is 2.03 bits per heavy atom. The maximum atomic E-state index is 13.0. The van der Waals surface area contributed by atoms with Crippen LogP contribution in [0.5, 0.6) is 0 Å². The van der Waals surface area contributed by atoms with Crippen molar-refractivity contribution in [2.45, 2.75) is 44.7 Å². The first-order chi connectivity index (χ1) is 14.0. The van der Waals surface area contributed by atoms with Crippen LogP contribution in [0.2, 0.25) is 0 Å². The van der Waals surface area contributed by atoms with Crippen LogP contribution < -0.4 is 5.32 Å². The second kappa shape index (κ2) is 9.78. The van der Waals surface area contributed by atoms with E-state index in [0.29, 0.717) is 6.42 Å². The van der Waals surface area contributed by atoms with E-state index in [2.05, 4.69) is 15.2 Å². The average Bonchev–Trinajstić information content (AvgIpc) is 3.18. The molecule has 2 aromatic rings. The lowest BCUT2D eigenvalue weighted by atomic mass is 10.1. The van der Waals surface area contributed by atoms with Gasteiger partial charge < -0.3 is 15.1 Å². The molecule has 0 saturated carbocycles. The zero-order valence-corrected chi connectivity index (χ0v) is 17.5. The summed E-state index contributed by atoms with van der Waals surface area (Å²) in [6, 6.07) is 8.37. The van der Waals surface area contributed by atoms with Crippen molar-refractivity contribution in [3.05, 3.63) is 53.2 Å². The fourth-order valence-electron chi connectivity index (χ4n) is 3.77. The third kappa shape index (κ3) is 5.73. The molecule has 1 amide bonds. The van der Waals surface area contributed by atoms with E-state index in [1.807, 2.05) is 32.1 Å². The Morgan fingerprint density at radius 3 is 2.72 bits per heavy atom. The van der Waals surface area contributed by atoms with Crippen LogP contribution in [0, 0.1) is 5.82 Å². The predicted octanol–water partition coefficient (Wildman–Crippen LogP) is 3.41. The van der Waals surface area contributed by atoms with Crippen LogP contribution in [0.4, 0.5) is 10.2 Å². The third-order valence-corrected chi connectivity index (χ3v) is 5.17. The van der Waals surface area contributed by atoms with Crippen molar-refractivity contribution >= 4 is 11.7 Å². The number of nitrogens with zero attached hydrogens (tertiary/aromatic N) is 4. The highest BCUT2D eigenvalue weighted by molar-refractivity contribution is 5.77. The van der Waals surface area contributed by atoms with Crippen molar-refractivity contribution in [1.29, 1.82) is 0 Å². The maximum Gasteiger partial charge on any atom is 0.223 e. The molecular formula is C22H30FN5O. The van der Waals surface area contributed by atoms with Crippen LogP contribution >= 0.6 is 0 Å². The zero-order chi connectivity index (χ0) is 20.8. The van der Waals surface area contributed by atoms with Gasteiger partial charge in [-0.1, -0.05) is 12.1 Å². The molecule has 1 aliphatic rings. The zero-order valence-electron chi connectivity index (χ0n) is 17.5. The first-order valence-corrected chi connectivity index (χ1v) is 10.2. The molecule has 1 aliphatic heterocycles. The van der Waals surface area contributed by atoms with Crippen molar-refractivity contribution in [2.75, 3.05) is 33.0 Å². The number of halogens is 1. The molecule has 7 heteroatoms. The quantitative estimate of drug-likeness (QED) is 0.737. The maximum absolute atomic E-state index is 13.0. The largest absolute Gasteiger partial charge is 0.373 e. The van der Waals surface area contributed by atoms with E-state index in [1.54, 1.807) is 12.1 Å². The fraction of sp³-hybridized carbons (Fsp3) is 0.500. The number of hydrogen-bond acceptors (Lipinski definition) is 5. The minimum atomic E-state index is -0.234. The molecule has 29 heavy (non-hydrogen) atoms. The highest BCUT2D eigenvalue weighted by Crippen LogP contribution is 2.31. The number of hydrogen-bond donors (Lipinski definition) is 1. The standard InChI is InChI=1S/C22H30FN5O/c1-24-20-14-18(15-27(2)3)25-22(26-20)19-7-5-13-28(19)21(29)8-4-6-16-9-11-17(23)12-10-16/h9-12,14,19H,4-8,13,15H2,1-3H3,(H,24,25,26). The molecule has 0 aliphatic carbocycles. The molecule has 156 valence electrons. The summed E-state index contributed by atoms with van der Waals surface area (Å²) in [6.45, 7) is 1.47. The van der Waals surface area contributed by atoms with Gasteiger partial charge in [0.05, 0.1) is 11.7 Å². The Balaban J connectivity index is 1.65. The molecule has 0 bridgehead atoms. The molecular weight excluding hydrogens is 369 g/mol. The summed E-state index contributed by atoms with van der Waals surface area (Å²) in [5.41, 5.74) is 2.00. The number of nitrogens with one attached hydrogen (secondary N) is 1. The van der Waals surface area contributed by atoms with E-state index in [4.69, 9.17) is 4.98 Å². The average molecular weight is 400 g/mol. The predicted molar refractivity (Wildman–Crippen MR) is 112 cm³/mol. The lowest BCUT2D eigenvalue weighted by molar-refractivity contribution is -0.132. The molecule has 1 aromatic heterocycles. The van der Waals surface area contributed by atoms with Gasteiger partial charge in [0.25, 0.3) is 0 Å². The molecule has 2 heterocycles. The van der Waals surface area contributed by atoms with E-state index in [1.165, 1.54) is 12.1 Å². The number of aryl methyl sites for hydroxylation is 1. The Bertz CT molecular complexity index is 824. The number of rotatable bonds is 8. The Hall–Kier alpha value is -2.54. The van der Waals surface area contributed by atoms with Gasteiger partial charge >= 0.3 is 0 Å². The van der Waals surface area contributed by atoms with Crippen LogP contribution in [-0.2, 0) is 17.8 Å². The first-order valence-electron chi connectivity index (χ1n) is 10.2. The molecule has 1 unspecified atom stereocenters. The van der Waals surface area contributed by atoms with Crippen molar-refractivity contribution in [3.63, 3.8) is 0 Å². The number of aromatic nitrogens is 2. The van der Waals surface area contributed by atoms with Gasteiger partial charge in [-0.05, 0) is 57.5 Å². The van der Waals surface area contributed by atoms with Gasteiger partial charge in [-0.2, -0.15) is 0 Å². The number of carbonyl (C=O) groups is 1. The van der Waals surface area contributed by atoms with Gasteiger partial charge in [0.2, 0.25) is 5.91 Å². The van der Waals surface area contributed by atoms with Crippen LogP contribution in [0.3, 0.4) is 0 Å². The molecule has 0 spiro atoms. The molecule has 1 atom stereocenters. The summed E-state index contributed by atoms with van der Waals surface area (Å²) in [7, 11) is 5.86. The van der Waals surface area contributed by atoms with Crippen LogP contribution in [0.1, 0.15) is 48.8 Å². The van der Waals surface area contributed by atoms with Crippen molar-refractivity contribution in [1.82, 2.24) is 19.8 Å². The van der Waals surface area contributed by atoms with Crippen molar-refractivity contribution in [2.24, 2.45) is 0 Å². The van der Waals surface area contributed by atoms with Gasteiger partial charge in [-0.25, -0.2) is 14.4 Å². The van der Waals surface area contributed by atoms with Gasteiger partial charge in [-0.15, -0.1) is 0 Å². The molecule has 0 radical (unpaired) electrons. The highest BCUT2D eigenvalue weighted by Gasteiger charge is 2.32. The highest BCUT2D eigenvalue weighted by atomic mass is 19.1. The van der Waals surface area contributed by atoms with Crippen molar-refractivity contribution in [3.8, 4) is 0 Å². The number of amides is 1. The summed E-state index contributed by atoms with van der Waals surface area (Å²) >= 11 is 0. The van der Waals surface area contributed by atoms with E-state index in [-0.39, 0.29) is 17.8 Å². The third-order valence-electron chi connectivity index (χ3n) is 5.17. The molecule has 1 fully saturated rings. The van der Waals surface area contributed by atoms with E-state index in [0.717, 1.165) is 61.7 Å². The molecule has 1 N–H and O–H groups in total. The van der Waals surface area contributed by atoms with E-state index >= 15 is 0 Å². The van der Waals surface area contributed by atoms with Gasteiger partial charge in [-0.3, -0.25) is 4.79 Å². The lowest BCUT2D eigenvalue weighted by Crippen LogP contribution is -2.31. The Kier molecular flexibility index (Phi) is 7.14. The number of anilines is 1. The Morgan fingerprint density at radius 1 is 1.28 bits per heavy atom. The number of likely N-dealkylation sites (tertiary alicyclic amines) is 1. The summed E-state index contributed by atoms with van der Waals surface area (Å²) in [5, 5.41) is 3.11. The monoisotopic (exact) mass is 399 g/mol. The summed E-state index contributed by atoms with van der Waals surface area (Å²) in [6.07, 6.45) is 3.84. The van der Waals surface area contributed by atoms with Crippen LogP contribution in [0.25, 0.3) is 0 Å². The number of benzene rings is 1. The summed E-state index contributed by atoms with van der Waals surface area (Å²) in [4.78, 5) is 26.3. The van der Waals surface area contributed by atoms with Crippen LogP contribution in [0.15, 0.2) is 30.3 Å². The summed E-state index contributed by atoms with van der Waals surface area (Å²) in [5.74, 6) is 1.41. The summed E-state index contributed by atoms with van der Waals surface area (Å²) < 4.78 is 13.0. The fourth-order valence-corrected chi connectivity index (χ4v) is 3.77. The normalized spacial score (nSPS) is 16.4. The second-order valence-electron chi connectivity index (χ2n) is 7.82. The smallest absolute Gasteiger partial charge is 0.223 e. The van der Waals surface area contributed by atoms with E-state index < -0.39 is 0 Å². The number of carbonyl (C=O) groups excluding carboxylic acids is 1. The SMILES string of the molecule is CNc1cc(CN(C)C)nc(C2CCCN2C(=O)CCCc2ccc(F)cc2)n1. The minimum absolute atomic E-state index is 0.0671. The molecule has 1 aromatic carbocycles. The molecule has 6 nitrogen and oxygen atoms in total. The van der Waals surface area contributed by atoms with Gasteiger partial charge in [0.1, 0.15) is 11.6 Å². The lowest BCUT2D eigenvalue weighted by Gasteiger charge is -2.24. The Labute approximate surface area is 172 Å². The van der Waals surface area contributed by atoms with Crippen molar-refractivity contribution < 1.29 is 9.18 Å².